The summed E-state index contributed by atoms with van der Waals surface area (Å²) in [5.74, 6) is -0.989. The van der Waals surface area contributed by atoms with E-state index in [1.165, 1.54) is 0 Å². The SMILES string of the molecule is Nc1c(OC(F)(F)F)cc(S(=O)(=O)Cl)nc1Cl. The molecule has 0 bridgehead atoms. The minimum Gasteiger partial charge on any atom is -0.403 e. The molecule has 5 nitrogen and oxygen atoms in total. The molecular weight excluding hydrogens is 308 g/mol. The third-order valence-electron chi connectivity index (χ3n) is 1.43. The summed E-state index contributed by atoms with van der Waals surface area (Å²) in [5, 5.41) is -1.55. The van der Waals surface area contributed by atoms with E-state index < -0.39 is 37.0 Å². The van der Waals surface area contributed by atoms with Crippen LogP contribution in [0.1, 0.15) is 0 Å². The van der Waals surface area contributed by atoms with Crippen LogP contribution in [-0.4, -0.2) is 19.8 Å². The number of aromatic nitrogens is 1. The fourth-order valence-electron chi connectivity index (χ4n) is 0.815. The van der Waals surface area contributed by atoms with Crippen LogP contribution in [0.3, 0.4) is 0 Å². The van der Waals surface area contributed by atoms with Crippen molar-refractivity contribution in [1.82, 2.24) is 4.98 Å². The van der Waals surface area contributed by atoms with Crippen molar-refractivity contribution < 1.29 is 26.3 Å². The second-order valence-corrected chi connectivity index (χ2v) is 5.52. The zero-order valence-electron chi connectivity index (χ0n) is 7.62. The van der Waals surface area contributed by atoms with E-state index in [2.05, 4.69) is 9.72 Å². The summed E-state index contributed by atoms with van der Waals surface area (Å²) in [5.41, 5.74) is 4.50. The molecule has 0 aliphatic rings. The molecule has 0 aromatic carbocycles. The maximum atomic E-state index is 12.0. The number of pyridine rings is 1. The average Bonchev–Trinajstić information content (AvgIpc) is 2.08. The molecule has 0 saturated carbocycles. The molecule has 0 aliphatic heterocycles. The fourth-order valence-corrected chi connectivity index (χ4v) is 1.73. The van der Waals surface area contributed by atoms with Crippen molar-refractivity contribution in [3.05, 3.63) is 11.2 Å². The summed E-state index contributed by atoms with van der Waals surface area (Å²) in [6, 6.07) is 0.428. The monoisotopic (exact) mass is 310 g/mol. The van der Waals surface area contributed by atoms with Gasteiger partial charge in [-0.2, -0.15) is 0 Å². The number of alkyl halides is 3. The van der Waals surface area contributed by atoms with Gasteiger partial charge in [-0.05, 0) is 0 Å². The molecule has 2 N–H and O–H groups in total. The second kappa shape index (κ2) is 4.39. The third kappa shape index (κ3) is 3.79. The lowest BCUT2D eigenvalue weighted by Gasteiger charge is -2.12. The molecule has 0 fully saturated rings. The Morgan fingerprint density at radius 3 is 2.35 bits per heavy atom. The lowest BCUT2D eigenvalue weighted by Crippen LogP contribution is -2.18. The fraction of sp³-hybridized carbons (Fsp3) is 0.167. The van der Waals surface area contributed by atoms with Gasteiger partial charge in [-0.15, -0.1) is 13.2 Å². The highest BCUT2D eigenvalue weighted by molar-refractivity contribution is 8.13. The number of rotatable bonds is 2. The Kier molecular flexibility index (Phi) is 3.65. The lowest BCUT2D eigenvalue weighted by molar-refractivity contribution is -0.274. The first-order valence-corrected chi connectivity index (χ1v) is 6.36. The summed E-state index contributed by atoms with van der Waals surface area (Å²) in [6.07, 6.45) is -5.05. The van der Waals surface area contributed by atoms with Crippen LogP contribution in [-0.2, 0) is 9.05 Å². The van der Waals surface area contributed by atoms with Gasteiger partial charge in [0, 0.05) is 16.7 Å². The maximum absolute atomic E-state index is 12.0. The van der Waals surface area contributed by atoms with Crippen molar-refractivity contribution in [2.24, 2.45) is 0 Å². The Morgan fingerprint density at radius 2 is 1.94 bits per heavy atom. The van der Waals surface area contributed by atoms with E-state index in [0.717, 1.165) is 0 Å². The Bertz CT molecular complexity index is 546. The Hall–Kier alpha value is -0.930. The van der Waals surface area contributed by atoms with Gasteiger partial charge in [0.1, 0.15) is 5.69 Å². The van der Waals surface area contributed by atoms with Gasteiger partial charge in [0.05, 0.1) is 0 Å². The van der Waals surface area contributed by atoms with E-state index in [9.17, 15) is 21.6 Å². The van der Waals surface area contributed by atoms with Crippen LogP contribution < -0.4 is 10.5 Å². The number of nitrogen functional groups attached to an aromatic ring is 1. The van der Waals surface area contributed by atoms with E-state index in [4.69, 9.17) is 28.0 Å². The molecule has 0 saturated heterocycles. The topological polar surface area (TPSA) is 82.3 Å². The summed E-state index contributed by atoms with van der Waals surface area (Å²) in [6.45, 7) is 0. The smallest absolute Gasteiger partial charge is 0.403 e. The van der Waals surface area contributed by atoms with Gasteiger partial charge in [-0.1, -0.05) is 11.6 Å². The van der Waals surface area contributed by atoms with Gasteiger partial charge < -0.3 is 10.5 Å². The number of hydrogen-bond donors (Lipinski definition) is 1. The molecule has 1 aromatic heterocycles. The Morgan fingerprint density at radius 1 is 1.41 bits per heavy atom. The van der Waals surface area contributed by atoms with Crippen LogP contribution in [0, 0.1) is 0 Å². The number of anilines is 1. The molecule has 1 heterocycles. The van der Waals surface area contributed by atoms with Gasteiger partial charge in [-0.25, -0.2) is 13.4 Å². The molecule has 0 atom stereocenters. The summed E-state index contributed by atoms with van der Waals surface area (Å²) in [4.78, 5) is 3.21. The molecule has 0 spiro atoms. The van der Waals surface area contributed by atoms with Crippen LogP contribution in [0.2, 0.25) is 5.15 Å². The highest BCUT2D eigenvalue weighted by atomic mass is 35.7. The molecule has 1 aromatic rings. The van der Waals surface area contributed by atoms with Crippen molar-refractivity contribution in [1.29, 1.82) is 0 Å². The lowest BCUT2D eigenvalue weighted by atomic mass is 10.4. The minimum absolute atomic E-state index is 0.428. The number of nitrogens with two attached hydrogens (primary N) is 1. The molecular formula is C6H3Cl2F3N2O3S. The van der Waals surface area contributed by atoms with Crippen LogP contribution in [0.5, 0.6) is 5.75 Å². The maximum Gasteiger partial charge on any atom is 0.573 e. The standard InChI is InChI=1S/C6H3Cl2F3N2O3S/c7-5-4(12)2(16-6(9,10)11)1-3(13-5)17(8,14)15/h1H,12H2. The first-order valence-electron chi connectivity index (χ1n) is 3.67. The zero-order chi connectivity index (χ0) is 13.4. The van der Waals surface area contributed by atoms with E-state index in [1.54, 1.807) is 0 Å². The van der Waals surface area contributed by atoms with Crippen LogP contribution >= 0.6 is 22.3 Å². The second-order valence-electron chi connectivity index (χ2n) is 2.65. The first kappa shape index (κ1) is 14.1. The Labute approximate surface area is 103 Å². The summed E-state index contributed by atoms with van der Waals surface area (Å²) in [7, 11) is 0.553. The number of ether oxygens (including phenoxy) is 1. The van der Waals surface area contributed by atoms with Crippen LogP contribution in [0.15, 0.2) is 11.1 Å². The van der Waals surface area contributed by atoms with Gasteiger partial charge in [-0.3, -0.25) is 0 Å². The van der Waals surface area contributed by atoms with Crippen molar-refractivity contribution >= 4 is 37.0 Å². The van der Waals surface area contributed by atoms with E-state index >= 15 is 0 Å². The largest absolute Gasteiger partial charge is 0.573 e. The van der Waals surface area contributed by atoms with Crippen molar-refractivity contribution in [3.63, 3.8) is 0 Å². The summed E-state index contributed by atoms with van der Waals surface area (Å²) >= 11 is 5.35. The predicted octanol–water partition coefficient (Wildman–Crippen LogP) is 2.14. The highest BCUT2D eigenvalue weighted by Gasteiger charge is 2.33. The number of halogens is 5. The molecule has 17 heavy (non-hydrogen) atoms. The van der Waals surface area contributed by atoms with E-state index in [-0.39, 0.29) is 0 Å². The highest BCUT2D eigenvalue weighted by Crippen LogP contribution is 2.34. The molecule has 0 amide bonds. The Balaban J connectivity index is 3.36. The van der Waals surface area contributed by atoms with Gasteiger partial charge in [0.25, 0.3) is 9.05 Å². The molecule has 0 unspecified atom stereocenters. The van der Waals surface area contributed by atoms with Gasteiger partial charge in [0.15, 0.2) is 15.9 Å². The van der Waals surface area contributed by atoms with Crippen molar-refractivity contribution in [2.45, 2.75) is 11.4 Å². The van der Waals surface area contributed by atoms with E-state index in [0.29, 0.717) is 6.07 Å². The predicted molar refractivity (Wildman–Crippen MR) is 53.4 cm³/mol. The average molecular weight is 311 g/mol. The van der Waals surface area contributed by atoms with Crippen molar-refractivity contribution in [2.75, 3.05) is 5.73 Å². The van der Waals surface area contributed by atoms with Gasteiger partial charge >= 0.3 is 6.36 Å². The van der Waals surface area contributed by atoms with Gasteiger partial charge in [0.2, 0.25) is 0 Å². The summed E-state index contributed by atoms with van der Waals surface area (Å²) < 4.78 is 61.1. The molecule has 96 valence electrons. The van der Waals surface area contributed by atoms with Crippen LogP contribution in [0.4, 0.5) is 18.9 Å². The molecule has 11 heteroatoms. The molecule has 1 rings (SSSR count). The zero-order valence-corrected chi connectivity index (χ0v) is 9.95. The molecule has 0 radical (unpaired) electrons. The number of nitrogens with zero attached hydrogens (tertiary/aromatic N) is 1. The van der Waals surface area contributed by atoms with Crippen molar-refractivity contribution in [3.8, 4) is 5.75 Å². The molecule has 0 aliphatic carbocycles. The minimum atomic E-state index is -5.05. The quantitative estimate of drug-likeness (QED) is 0.668. The van der Waals surface area contributed by atoms with E-state index in [1.807, 2.05) is 0 Å². The number of hydrogen-bond acceptors (Lipinski definition) is 5. The third-order valence-corrected chi connectivity index (χ3v) is 2.90. The van der Waals surface area contributed by atoms with Crippen LogP contribution in [0.25, 0.3) is 0 Å². The first-order chi connectivity index (χ1) is 7.50. The normalized spacial score (nSPS) is 12.5.